The fraction of sp³-hybridized carbons (Fsp3) is 0.0435. The van der Waals surface area contributed by atoms with Crippen LogP contribution in [0.5, 0.6) is 0 Å². The van der Waals surface area contributed by atoms with E-state index in [1.807, 2.05) is 36.4 Å². The van der Waals surface area contributed by atoms with Crippen molar-refractivity contribution < 1.29 is 9.21 Å². The van der Waals surface area contributed by atoms with Crippen LogP contribution in [0.2, 0.25) is 0 Å². The Morgan fingerprint density at radius 3 is 2.68 bits per heavy atom. The van der Waals surface area contributed by atoms with E-state index in [0.29, 0.717) is 11.3 Å². The van der Waals surface area contributed by atoms with Gasteiger partial charge in [-0.2, -0.15) is 5.10 Å². The van der Waals surface area contributed by atoms with E-state index in [4.69, 9.17) is 4.42 Å². The number of rotatable bonds is 4. The summed E-state index contributed by atoms with van der Waals surface area (Å²) in [5.41, 5.74) is 7.79. The van der Waals surface area contributed by atoms with Crippen molar-refractivity contribution in [2.45, 2.75) is 6.54 Å². The Balaban J connectivity index is 1.60. The Labute approximate surface area is 161 Å². The molecule has 1 amide bonds. The van der Waals surface area contributed by atoms with Crippen LogP contribution in [0.3, 0.4) is 0 Å². The van der Waals surface area contributed by atoms with E-state index in [1.54, 1.807) is 18.6 Å². The first-order valence-electron chi connectivity index (χ1n) is 9.04. The van der Waals surface area contributed by atoms with E-state index >= 15 is 0 Å². The van der Waals surface area contributed by atoms with Crippen LogP contribution in [0.25, 0.3) is 17.0 Å². The molecule has 0 radical (unpaired) electrons. The van der Waals surface area contributed by atoms with Crippen LogP contribution in [-0.2, 0) is 11.3 Å². The Morgan fingerprint density at radius 1 is 1.04 bits per heavy atom. The monoisotopic (exact) mass is 367 g/mol. The average Bonchev–Trinajstić information content (AvgIpc) is 3.45. The normalized spacial score (nSPS) is 15.2. The lowest BCUT2D eigenvalue weighted by Gasteiger charge is -2.05. The standard InChI is InChI=1S/C23H17N3O2/c27-23-20(22(24-25-23)17-10-11-28-15-17)12-18-14-26(13-16-6-2-1-3-7-16)21-9-5-4-8-19(18)21/h1-12,14-15H,13H2,(H,25,27)/b20-12-. The zero-order valence-corrected chi connectivity index (χ0v) is 15.0. The summed E-state index contributed by atoms with van der Waals surface area (Å²) in [7, 11) is 0. The van der Waals surface area contributed by atoms with Gasteiger partial charge in [0.1, 0.15) is 5.71 Å². The van der Waals surface area contributed by atoms with Crippen molar-refractivity contribution in [1.82, 2.24) is 9.99 Å². The number of furan rings is 1. The molecule has 0 fully saturated rings. The number of benzene rings is 2. The van der Waals surface area contributed by atoms with Gasteiger partial charge in [-0.25, -0.2) is 5.43 Å². The van der Waals surface area contributed by atoms with Crippen molar-refractivity contribution in [3.05, 3.63) is 102 Å². The van der Waals surface area contributed by atoms with Gasteiger partial charge in [0.25, 0.3) is 5.91 Å². The fourth-order valence-corrected chi connectivity index (χ4v) is 3.54. The van der Waals surface area contributed by atoms with Crippen LogP contribution in [0.15, 0.2) is 94.5 Å². The van der Waals surface area contributed by atoms with Gasteiger partial charge < -0.3 is 8.98 Å². The average molecular weight is 367 g/mol. The Bertz CT molecular complexity index is 1220. The minimum atomic E-state index is -0.212. The molecule has 2 aromatic heterocycles. The molecule has 0 unspecified atom stereocenters. The van der Waals surface area contributed by atoms with Gasteiger partial charge in [-0.1, -0.05) is 48.5 Å². The number of para-hydroxylation sites is 1. The SMILES string of the molecule is O=C1NN=C(c2ccoc2)/C1=C/c1cn(Cc2ccccc2)c2ccccc12. The van der Waals surface area contributed by atoms with Crippen LogP contribution in [0, 0.1) is 0 Å². The van der Waals surface area contributed by atoms with E-state index in [2.05, 4.69) is 45.6 Å². The summed E-state index contributed by atoms with van der Waals surface area (Å²) in [6, 6.07) is 20.3. The number of aromatic nitrogens is 1. The number of fused-ring (bicyclic) bond motifs is 1. The van der Waals surface area contributed by atoms with Crippen molar-refractivity contribution >= 4 is 28.6 Å². The van der Waals surface area contributed by atoms with Gasteiger partial charge in [-0.15, -0.1) is 0 Å². The van der Waals surface area contributed by atoms with Gasteiger partial charge in [-0.05, 0) is 23.8 Å². The van der Waals surface area contributed by atoms with Crippen LogP contribution < -0.4 is 5.43 Å². The zero-order chi connectivity index (χ0) is 18.9. The smallest absolute Gasteiger partial charge is 0.273 e. The molecule has 3 heterocycles. The number of carbonyl (C=O) groups excluding carboxylic acids is 1. The first-order chi connectivity index (χ1) is 13.8. The lowest BCUT2D eigenvalue weighted by Crippen LogP contribution is -2.13. The number of carbonyl (C=O) groups is 1. The summed E-state index contributed by atoms with van der Waals surface area (Å²) < 4.78 is 7.36. The minimum absolute atomic E-state index is 0.212. The van der Waals surface area contributed by atoms with Gasteiger partial charge in [-0.3, -0.25) is 4.79 Å². The molecule has 4 aromatic rings. The molecule has 0 saturated heterocycles. The van der Waals surface area contributed by atoms with E-state index in [0.717, 1.165) is 28.6 Å². The van der Waals surface area contributed by atoms with Crippen molar-refractivity contribution in [2.24, 2.45) is 5.10 Å². The predicted octanol–water partition coefficient (Wildman–Crippen LogP) is 4.20. The van der Waals surface area contributed by atoms with Crippen molar-refractivity contribution in [3.63, 3.8) is 0 Å². The van der Waals surface area contributed by atoms with Gasteiger partial charge in [0.2, 0.25) is 0 Å². The first-order valence-corrected chi connectivity index (χ1v) is 9.04. The van der Waals surface area contributed by atoms with Crippen LogP contribution >= 0.6 is 0 Å². The molecule has 0 bridgehead atoms. The molecule has 0 atom stereocenters. The summed E-state index contributed by atoms with van der Waals surface area (Å²) in [6.07, 6.45) is 7.15. The number of hydrogen-bond donors (Lipinski definition) is 1. The number of nitrogens with zero attached hydrogens (tertiary/aromatic N) is 2. The maximum atomic E-state index is 12.4. The number of nitrogens with one attached hydrogen (secondary N) is 1. The number of hydrazone groups is 1. The maximum Gasteiger partial charge on any atom is 0.273 e. The fourth-order valence-electron chi connectivity index (χ4n) is 3.54. The molecule has 1 aliphatic heterocycles. The van der Waals surface area contributed by atoms with Gasteiger partial charge in [0, 0.05) is 34.8 Å². The van der Waals surface area contributed by atoms with E-state index in [1.165, 1.54) is 5.56 Å². The number of amides is 1. The molecule has 5 nitrogen and oxygen atoms in total. The Kier molecular flexibility index (Phi) is 3.91. The second-order valence-corrected chi connectivity index (χ2v) is 6.69. The third kappa shape index (κ3) is 2.83. The quantitative estimate of drug-likeness (QED) is 0.550. The maximum absolute atomic E-state index is 12.4. The van der Waals surface area contributed by atoms with Gasteiger partial charge in [0.15, 0.2) is 0 Å². The van der Waals surface area contributed by atoms with Crippen molar-refractivity contribution in [3.8, 4) is 0 Å². The largest absolute Gasteiger partial charge is 0.472 e. The first kappa shape index (κ1) is 16.3. The highest BCUT2D eigenvalue weighted by molar-refractivity contribution is 6.33. The Morgan fingerprint density at radius 2 is 1.86 bits per heavy atom. The highest BCUT2D eigenvalue weighted by Gasteiger charge is 2.25. The topological polar surface area (TPSA) is 59.5 Å². The van der Waals surface area contributed by atoms with E-state index < -0.39 is 0 Å². The summed E-state index contributed by atoms with van der Waals surface area (Å²) in [5.74, 6) is -0.212. The minimum Gasteiger partial charge on any atom is -0.472 e. The molecule has 28 heavy (non-hydrogen) atoms. The van der Waals surface area contributed by atoms with E-state index in [-0.39, 0.29) is 5.91 Å². The van der Waals surface area contributed by atoms with Crippen LogP contribution in [0.4, 0.5) is 0 Å². The molecule has 136 valence electrons. The third-order valence-corrected chi connectivity index (χ3v) is 4.88. The predicted molar refractivity (Wildman–Crippen MR) is 109 cm³/mol. The highest BCUT2D eigenvalue weighted by Crippen LogP contribution is 2.26. The summed E-state index contributed by atoms with van der Waals surface area (Å²) in [5, 5.41) is 5.27. The van der Waals surface area contributed by atoms with Crippen LogP contribution in [0.1, 0.15) is 16.7 Å². The molecule has 1 aliphatic rings. The molecule has 2 aromatic carbocycles. The summed E-state index contributed by atoms with van der Waals surface area (Å²) >= 11 is 0. The molecule has 0 aliphatic carbocycles. The van der Waals surface area contributed by atoms with Crippen LogP contribution in [-0.4, -0.2) is 16.2 Å². The van der Waals surface area contributed by atoms with Crippen molar-refractivity contribution in [2.75, 3.05) is 0 Å². The Hall–Kier alpha value is -3.86. The molecular weight excluding hydrogens is 350 g/mol. The molecule has 0 saturated carbocycles. The van der Waals surface area contributed by atoms with Gasteiger partial charge in [0.05, 0.1) is 18.1 Å². The zero-order valence-electron chi connectivity index (χ0n) is 15.0. The van der Waals surface area contributed by atoms with Crippen molar-refractivity contribution in [1.29, 1.82) is 0 Å². The second-order valence-electron chi connectivity index (χ2n) is 6.69. The molecule has 1 N–H and O–H groups in total. The molecule has 5 heteroatoms. The highest BCUT2D eigenvalue weighted by atomic mass is 16.3. The lowest BCUT2D eigenvalue weighted by molar-refractivity contribution is -0.116. The van der Waals surface area contributed by atoms with Gasteiger partial charge >= 0.3 is 0 Å². The lowest BCUT2D eigenvalue weighted by atomic mass is 10.0. The molecule has 5 rings (SSSR count). The summed E-state index contributed by atoms with van der Waals surface area (Å²) in [6.45, 7) is 0.763. The molecule has 0 spiro atoms. The van der Waals surface area contributed by atoms with E-state index in [9.17, 15) is 4.79 Å². The second kappa shape index (κ2) is 6.70. The number of hydrogen-bond acceptors (Lipinski definition) is 3. The summed E-state index contributed by atoms with van der Waals surface area (Å²) in [4.78, 5) is 12.4. The molecular formula is C23H17N3O2. The third-order valence-electron chi connectivity index (χ3n) is 4.88.